The van der Waals surface area contributed by atoms with Crippen molar-refractivity contribution in [1.29, 1.82) is 0 Å². The first-order valence-corrected chi connectivity index (χ1v) is 7.97. The largest absolute Gasteiger partial charge is 0.481 e. The molecule has 0 fully saturated rings. The van der Waals surface area contributed by atoms with Crippen LogP contribution >= 0.6 is 11.8 Å². The minimum absolute atomic E-state index is 0.135. The van der Waals surface area contributed by atoms with Gasteiger partial charge in [0.05, 0.1) is 12.2 Å². The number of para-hydroxylation sites is 1. The number of aromatic nitrogens is 2. The quantitative estimate of drug-likeness (QED) is 0.624. The molecule has 0 saturated heterocycles. The van der Waals surface area contributed by atoms with Crippen LogP contribution in [-0.2, 0) is 16.0 Å². The van der Waals surface area contributed by atoms with E-state index in [-0.39, 0.29) is 18.1 Å². The summed E-state index contributed by atoms with van der Waals surface area (Å²) in [6.07, 6.45) is -0.135. The Morgan fingerprint density at radius 1 is 1.17 bits per heavy atom. The molecule has 2 N–H and O–H groups in total. The summed E-state index contributed by atoms with van der Waals surface area (Å²) in [6.45, 7) is 3.75. The van der Waals surface area contributed by atoms with Crippen molar-refractivity contribution in [2.45, 2.75) is 25.4 Å². The molecule has 2 rings (SSSR count). The van der Waals surface area contributed by atoms with Gasteiger partial charge in [0.25, 0.3) is 0 Å². The summed E-state index contributed by atoms with van der Waals surface area (Å²) in [5.74, 6) is -1.01. The van der Waals surface area contributed by atoms with Gasteiger partial charge in [-0.25, -0.2) is 9.97 Å². The van der Waals surface area contributed by atoms with E-state index in [1.807, 2.05) is 19.9 Å². The lowest BCUT2D eigenvalue weighted by Crippen LogP contribution is -2.16. The third-order valence-electron chi connectivity index (χ3n) is 2.93. The fraction of sp³-hybridized carbons (Fsp3) is 0.250. The third kappa shape index (κ3) is 5.37. The monoisotopic (exact) mass is 331 g/mol. The Morgan fingerprint density at radius 2 is 1.83 bits per heavy atom. The maximum atomic E-state index is 12.1. The lowest BCUT2D eigenvalue weighted by atomic mass is 10.1. The second-order valence-electron chi connectivity index (χ2n) is 5.00. The predicted molar refractivity (Wildman–Crippen MR) is 88.6 cm³/mol. The SMILES string of the molecule is Cc1cc(C)nc(SCC(=O)Nc2ccccc2CC(=O)O)n1. The van der Waals surface area contributed by atoms with Gasteiger partial charge in [0, 0.05) is 17.1 Å². The average molecular weight is 331 g/mol. The molecule has 23 heavy (non-hydrogen) atoms. The van der Waals surface area contributed by atoms with Crippen LogP contribution in [0.4, 0.5) is 5.69 Å². The van der Waals surface area contributed by atoms with E-state index < -0.39 is 5.97 Å². The van der Waals surface area contributed by atoms with Crippen LogP contribution in [0.15, 0.2) is 35.5 Å². The van der Waals surface area contributed by atoms with E-state index in [0.29, 0.717) is 16.4 Å². The number of hydrogen-bond donors (Lipinski definition) is 2. The zero-order valence-electron chi connectivity index (χ0n) is 12.9. The van der Waals surface area contributed by atoms with E-state index >= 15 is 0 Å². The highest BCUT2D eigenvalue weighted by atomic mass is 32.2. The number of aliphatic carboxylic acids is 1. The molecular formula is C16H17N3O3S. The van der Waals surface area contributed by atoms with Gasteiger partial charge in [-0.05, 0) is 31.5 Å². The van der Waals surface area contributed by atoms with Gasteiger partial charge in [-0.15, -0.1) is 0 Å². The van der Waals surface area contributed by atoms with Crippen LogP contribution in [0.5, 0.6) is 0 Å². The number of carbonyl (C=O) groups is 2. The van der Waals surface area contributed by atoms with Crippen molar-refractivity contribution in [3.63, 3.8) is 0 Å². The highest BCUT2D eigenvalue weighted by Gasteiger charge is 2.10. The Kier molecular flexibility index (Phi) is 5.70. The van der Waals surface area contributed by atoms with Gasteiger partial charge in [-0.1, -0.05) is 30.0 Å². The number of nitrogens with zero attached hydrogens (tertiary/aromatic N) is 2. The molecule has 0 bridgehead atoms. The third-order valence-corrected chi connectivity index (χ3v) is 3.77. The molecule has 0 radical (unpaired) electrons. The molecule has 120 valence electrons. The average Bonchev–Trinajstić information content (AvgIpc) is 2.46. The first-order chi connectivity index (χ1) is 10.9. The zero-order chi connectivity index (χ0) is 16.8. The van der Waals surface area contributed by atoms with Crippen LogP contribution in [0.25, 0.3) is 0 Å². The smallest absolute Gasteiger partial charge is 0.307 e. The summed E-state index contributed by atoms with van der Waals surface area (Å²) in [7, 11) is 0. The van der Waals surface area contributed by atoms with Crippen LogP contribution < -0.4 is 5.32 Å². The lowest BCUT2D eigenvalue weighted by molar-refractivity contribution is -0.136. The van der Waals surface area contributed by atoms with Gasteiger partial charge in [-0.3, -0.25) is 9.59 Å². The molecule has 0 aliphatic rings. The van der Waals surface area contributed by atoms with Crippen molar-refractivity contribution in [3.8, 4) is 0 Å². The molecule has 0 atom stereocenters. The highest BCUT2D eigenvalue weighted by molar-refractivity contribution is 7.99. The lowest BCUT2D eigenvalue weighted by Gasteiger charge is -2.09. The molecule has 0 unspecified atom stereocenters. The number of aryl methyl sites for hydroxylation is 2. The van der Waals surface area contributed by atoms with E-state index in [4.69, 9.17) is 5.11 Å². The first-order valence-electron chi connectivity index (χ1n) is 6.98. The Balaban J connectivity index is 1.98. The van der Waals surface area contributed by atoms with Gasteiger partial charge >= 0.3 is 5.97 Å². The number of carboxylic acids is 1. The molecule has 6 nitrogen and oxygen atoms in total. The first kappa shape index (κ1) is 17.0. The minimum atomic E-state index is -0.940. The van der Waals surface area contributed by atoms with Crippen molar-refractivity contribution in [2.24, 2.45) is 0 Å². The van der Waals surface area contributed by atoms with E-state index in [2.05, 4.69) is 15.3 Å². The number of benzene rings is 1. The molecule has 7 heteroatoms. The normalized spacial score (nSPS) is 10.3. The molecule has 0 aliphatic carbocycles. The Hall–Kier alpha value is -2.41. The summed E-state index contributed by atoms with van der Waals surface area (Å²) in [5.41, 5.74) is 2.79. The zero-order valence-corrected chi connectivity index (χ0v) is 13.7. The summed E-state index contributed by atoms with van der Waals surface area (Å²) >= 11 is 1.25. The fourth-order valence-electron chi connectivity index (χ4n) is 2.03. The Bertz CT molecular complexity index is 714. The summed E-state index contributed by atoms with van der Waals surface area (Å²) in [6, 6.07) is 8.73. The van der Waals surface area contributed by atoms with Crippen LogP contribution in [0.2, 0.25) is 0 Å². The minimum Gasteiger partial charge on any atom is -0.481 e. The molecule has 2 aromatic rings. The van der Waals surface area contributed by atoms with Gasteiger partial charge in [0.2, 0.25) is 5.91 Å². The van der Waals surface area contributed by atoms with Crippen molar-refractivity contribution < 1.29 is 14.7 Å². The maximum Gasteiger partial charge on any atom is 0.307 e. The number of thioether (sulfide) groups is 1. The molecule has 1 amide bonds. The second kappa shape index (κ2) is 7.73. The van der Waals surface area contributed by atoms with Crippen LogP contribution in [0.1, 0.15) is 17.0 Å². The van der Waals surface area contributed by atoms with Crippen molar-refractivity contribution in [1.82, 2.24) is 9.97 Å². The van der Waals surface area contributed by atoms with E-state index in [0.717, 1.165) is 11.4 Å². The van der Waals surface area contributed by atoms with Gasteiger partial charge in [0.1, 0.15) is 0 Å². The van der Waals surface area contributed by atoms with E-state index in [1.54, 1.807) is 24.3 Å². The highest BCUT2D eigenvalue weighted by Crippen LogP contribution is 2.18. The molecule has 1 aromatic heterocycles. The number of amides is 1. The van der Waals surface area contributed by atoms with Crippen LogP contribution in [0, 0.1) is 13.8 Å². The van der Waals surface area contributed by atoms with Crippen molar-refractivity contribution in [2.75, 3.05) is 11.1 Å². The topological polar surface area (TPSA) is 92.2 Å². The molecule has 0 aliphatic heterocycles. The summed E-state index contributed by atoms with van der Waals surface area (Å²) < 4.78 is 0. The number of carboxylic acid groups (broad SMARTS) is 1. The maximum absolute atomic E-state index is 12.1. The van der Waals surface area contributed by atoms with Gasteiger partial charge < -0.3 is 10.4 Å². The molecule has 1 aromatic carbocycles. The number of carbonyl (C=O) groups excluding carboxylic acids is 1. The number of anilines is 1. The molecule has 0 spiro atoms. The number of hydrogen-bond acceptors (Lipinski definition) is 5. The molecule has 1 heterocycles. The van der Waals surface area contributed by atoms with Gasteiger partial charge in [0.15, 0.2) is 5.16 Å². The van der Waals surface area contributed by atoms with Gasteiger partial charge in [-0.2, -0.15) is 0 Å². The Labute approximate surface area is 138 Å². The van der Waals surface area contributed by atoms with Crippen molar-refractivity contribution in [3.05, 3.63) is 47.3 Å². The van der Waals surface area contributed by atoms with Crippen molar-refractivity contribution >= 4 is 29.3 Å². The van der Waals surface area contributed by atoms with E-state index in [1.165, 1.54) is 11.8 Å². The Morgan fingerprint density at radius 3 is 2.48 bits per heavy atom. The summed E-state index contributed by atoms with van der Waals surface area (Å²) in [5, 5.41) is 12.2. The fourth-order valence-corrected chi connectivity index (χ4v) is 2.78. The number of nitrogens with one attached hydrogen (secondary N) is 1. The predicted octanol–water partition coefficient (Wildman–Crippen LogP) is 2.45. The number of rotatable bonds is 6. The standard InChI is InChI=1S/C16H17N3O3S/c1-10-7-11(2)18-16(17-10)23-9-14(20)19-13-6-4-3-5-12(13)8-15(21)22/h3-7H,8-9H2,1-2H3,(H,19,20)(H,21,22). The molecular weight excluding hydrogens is 314 g/mol. The van der Waals surface area contributed by atoms with Crippen LogP contribution in [0.3, 0.4) is 0 Å². The second-order valence-corrected chi connectivity index (χ2v) is 5.94. The van der Waals surface area contributed by atoms with E-state index in [9.17, 15) is 9.59 Å². The molecule has 0 saturated carbocycles. The summed E-state index contributed by atoms with van der Waals surface area (Å²) in [4.78, 5) is 31.4. The van der Waals surface area contributed by atoms with Crippen LogP contribution in [-0.4, -0.2) is 32.7 Å².